The number of carboxylic acid groups (broad SMARTS) is 1. The lowest BCUT2D eigenvalue weighted by Gasteiger charge is -2.38. The summed E-state index contributed by atoms with van der Waals surface area (Å²) >= 11 is 0. The second-order valence-electron chi connectivity index (χ2n) is 10.9. The second kappa shape index (κ2) is 12.3. The van der Waals surface area contributed by atoms with Crippen molar-refractivity contribution in [2.75, 3.05) is 6.54 Å². The predicted molar refractivity (Wildman–Crippen MR) is 125 cm³/mol. The number of ether oxygens (including phenoxy) is 2. The van der Waals surface area contributed by atoms with Crippen LogP contribution in [0.25, 0.3) is 0 Å². The topological polar surface area (TPSA) is 93.1 Å². The molecule has 0 atom stereocenters. The quantitative estimate of drug-likeness (QED) is 0.308. The van der Waals surface area contributed by atoms with Crippen molar-refractivity contribution in [3.8, 4) is 0 Å². The highest BCUT2D eigenvalue weighted by Crippen LogP contribution is 2.43. The van der Waals surface area contributed by atoms with E-state index in [0.717, 1.165) is 43.4 Å². The zero-order valence-corrected chi connectivity index (χ0v) is 20.9. The molecule has 7 heteroatoms. The average Bonchev–Trinajstić information content (AvgIpc) is 2.62. The number of nitrogens with zero attached hydrogens (tertiary/aromatic N) is 1. The summed E-state index contributed by atoms with van der Waals surface area (Å²) in [6.45, 7) is 10.9. The molecule has 2 amide bonds. The van der Waals surface area contributed by atoms with Gasteiger partial charge in [0.05, 0.1) is 0 Å². The molecule has 0 aromatic rings. The van der Waals surface area contributed by atoms with Crippen molar-refractivity contribution < 1.29 is 29.0 Å². The summed E-state index contributed by atoms with van der Waals surface area (Å²) in [5.74, 6) is -0.772. The van der Waals surface area contributed by atoms with Gasteiger partial charge in [0.1, 0.15) is 11.2 Å². The standard InChI is InChI=1S/C25H43NO6/c1-23(2,3)31-21(29)26(22(30)32-24(4,5)6)19-18-25(16-12-9-13-17-25)15-11-8-7-10-14-20(27)28/h8,11H,7,9-10,12-19H2,1-6H3,(H,27,28)/b11-8-. The van der Waals surface area contributed by atoms with Crippen molar-refractivity contribution in [2.24, 2.45) is 5.41 Å². The van der Waals surface area contributed by atoms with Crippen molar-refractivity contribution >= 4 is 18.2 Å². The van der Waals surface area contributed by atoms with Gasteiger partial charge in [-0.3, -0.25) is 4.79 Å². The van der Waals surface area contributed by atoms with Gasteiger partial charge in [-0.2, -0.15) is 0 Å². The van der Waals surface area contributed by atoms with E-state index in [-0.39, 0.29) is 18.4 Å². The van der Waals surface area contributed by atoms with Gasteiger partial charge in [-0.15, -0.1) is 0 Å². The van der Waals surface area contributed by atoms with Gasteiger partial charge in [0.15, 0.2) is 0 Å². The van der Waals surface area contributed by atoms with Crippen LogP contribution in [0, 0.1) is 5.41 Å². The summed E-state index contributed by atoms with van der Waals surface area (Å²) in [7, 11) is 0. The van der Waals surface area contributed by atoms with Gasteiger partial charge in [0.2, 0.25) is 0 Å². The lowest BCUT2D eigenvalue weighted by Crippen LogP contribution is -2.45. The fraction of sp³-hybridized carbons (Fsp3) is 0.800. The molecule has 1 aliphatic carbocycles. The fourth-order valence-corrected chi connectivity index (χ4v) is 3.92. The molecular formula is C25H43NO6. The van der Waals surface area contributed by atoms with Crippen molar-refractivity contribution in [2.45, 2.75) is 117 Å². The molecule has 7 nitrogen and oxygen atoms in total. The Balaban J connectivity index is 2.87. The zero-order valence-electron chi connectivity index (χ0n) is 20.9. The SMILES string of the molecule is CC(C)(C)OC(=O)N(CCC1(C/C=C\CCCC(=O)O)CCCCC1)C(=O)OC(C)(C)C. The molecule has 32 heavy (non-hydrogen) atoms. The van der Waals surface area contributed by atoms with E-state index in [1.807, 2.05) is 0 Å². The third kappa shape index (κ3) is 11.5. The van der Waals surface area contributed by atoms with Gasteiger partial charge in [-0.05, 0) is 85.5 Å². The Hall–Kier alpha value is -2.05. The molecule has 0 saturated heterocycles. The molecule has 0 unspecified atom stereocenters. The largest absolute Gasteiger partial charge is 0.481 e. The molecule has 0 bridgehead atoms. The molecule has 1 N–H and O–H groups in total. The van der Waals surface area contributed by atoms with Crippen molar-refractivity contribution in [1.29, 1.82) is 0 Å². The molecule has 184 valence electrons. The third-order valence-electron chi connectivity index (χ3n) is 5.49. The van der Waals surface area contributed by atoms with Crippen molar-refractivity contribution in [3.63, 3.8) is 0 Å². The van der Waals surface area contributed by atoms with E-state index in [4.69, 9.17) is 14.6 Å². The molecule has 0 radical (unpaired) electrons. The zero-order chi connectivity index (χ0) is 24.4. The molecule has 1 rings (SSSR count). The Morgan fingerprint density at radius 1 is 0.906 bits per heavy atom. The Kier molecular flexibility index (Phi) is 10.7. The summed E-state index contributed by atoms with van der Waals surface area (Å²) in [6, 6.07) is 0. The minimum absolute atomic E-state index is 0.0177. The fourth-order valence-electron chi connectivity index (χ4n) is 3.92. The molecule has 1 saturated carbocycles. The number of imide groups is 1. The van der Waals surface area contributed by atoms with Gasteiger partial charge in [-0.25, -0.2) is 14.5 Å². The first-order valence-electron chi connectivity index (χ1n) is 11.8. The number of carbonyl (C=O) groups excluding carboxylic acids is 2. The van der Waals surface area contributed by atoms with Crippen LogP contribution in [0.5, 0.6) is 0 Å². The van der Waals surface area contributed by atoms with Crippen LogP contribution >= 0.6 is 0 Å². The van der Waals surface area contributed by atoms with E-state index in [1.165, 1.54) is 6.42 Å². The molecular weight excluding hydrogens is 410 g/mol. The number of aliphatic carboxylic acids is 1. The maximum absolute atomic E-state index is 12.8. The first kappa shape index (κ1) is 28.0. The molecule has 0 aromatic carbocycles. The van der Waals surface area contributed by atoms with Crippen LogP contribution in [0.15, 0.2) is 12.2 Å². The normalized spacial score (nSPS) is 16.6. The van der Waals surface area contributed by atoms with E-state index in [9.17, 15) is 14.4 Å². The molecule has 1 aliphatic rings. The summed E-state index contributed by atoms with van der Waals surface area (Å²) in [4.78, 5) is 37.3. The number of hydrogen-bond donors (Lipinski definition) is 1. The second-order valence-corrected chi connectivity index (χ2v) is 10.9. The van der Waals surface area contributed by atoms with Crippen LogP contribution in [-0.2, 0) is 14.3 Å². The molecule has 0 spiro atoms. The number of carboxylic acids is 1. The monoisotopic (exact) mass is 453 g/mol. The Labute approximate surface area is 193 Å². The predicted octanol–water partition coefficient (Wildman–Crippen LogP) is 6.70. The summed E-state index contributed by atoms with van der Waals surface area (Å²) < 4.78 is 11.0. The Morgan fingerprint density at radius 2 is 1.44 bits per heavy atom. The van der Waals surface area contributed by atoms with Crippen LogP contribution in [0.1, 0.15) is 106 Å². The van der Waals surface area contributed by atoms with Crippen LogP contribution in [0.4, 0.5) is 9.59 Å². The van der Waals surface area contributed by atoms with E-state index in [2.05, 4.69) is 12.2 Å². The van der Waals surface area contributed by atoms with Crippen LogP contribution in [0.3, 0.4) is 0 Å². The number of allylic oxidation sites excluding steroid dienone is 2. The number of hydrogen-bond acceptors (Lipinski definition) is 5. The first-order valence-corrected chi connectivity index (χ1v) is 11.8. The molecule has 1 fully saturated rings. The van der Waals surface area contributed by atoms with Crippen molar-refractivity contribution in [1.82, 2.24) is 4.90 Å². The van der Waals surface area contributed by atoms with E-state index < -0.39 is 29.4 Å². The number of rotatable bonds is 9. The Morgan fingerprint density at radius 3 is 1.91 bits per heavy atom. The van der Waals surface area contributed by atoms with Crippen LogP contribution in [0.2, 0.25) is 0 Å². The van der Waals surface area contributed by atoms with Gasteiger partial charge < -0.3 is 14.6 Å². The highest BCUT2D eigenvalue weighted by molar-refractivity contribution is 5.88. The van der Waals surface area contributed by atoms with Gasteiger partial charge in [0.25, 0.3) is 0 Å². The van der Waals surface area contributed by atoms with E-state index >= 15 is 0 Å². The van der Waals surface area contributed by atoms with Gasteiger partial charge in [0, 0.05) is 13.0 Å². The van der Waals surface area contributed by atoms with Crippen LogP contribution in [-0.4, -0.2) is 45.9 Å². The maximum Gasteiger partial charge on any atom is 0.419 e. The smallest absolute Gasteiger partial charge is 0.419 e. The van der Waals surface area contributed by atoms with E-state index in [0.29, 0.717) is 12.8 Å². The van der Waals surface area contributed by atoms with Crippen LogP contribution < -0.4 is 0 Å². The average molecular weight is 454 g/mol. The molecule has 0 aromatic heterocycles. The minimum Gasteiger partial charge on any atom is -0.481 e. The maximum atomic E-state index is 12.8. The minimum atomic E-state index is -0.772. The summed E-state index contributed by atoms with van der Waals surface area (Å²) in [5.41, 5.74) is -1.40. The third-order valence-corrected chi connectivity index (χ3v) is 5.49. The lowest BCUT2D eigenvalue weighted by atomic mass is 9.69. The highest BCUT2D eigenvalue weighted by atomic mass is 16.6. The molecule has 0 heterocycles. The van der Waals surface area contributed by atoms with Crippen molar-refractivity contribution in [3.05, 3.63) is 12.2 Å². The number of unbranched alkanes of at least 4 members (excludes halogenated alkanes) is 1. The van der Waals surface area contributed by atoms with Gasteiger partial charge >= 0.3 is 18.2 Å². The number of carbonyl (C=O) groups is 3. The molecule has 0 aliphatic heterocycles. The Bertz CT molecular complexity index is 622. The van der Waals surface area contributed by atoms with E-state index in [1.54, 1.807) is 41.5 Å². The lowest BCUT2D eigenvalue weighted by molar-refractivity contribution is -0.137. The highest BCUT2D eigenvalue weighted by Gasteiger charge is 2.36. The summed E-state index contributed by atoms with van der Waals surface area (Å²) in [6.07, 6.45) is 11.5. The first-order chi connectivity index (χ1) is 14.7. The number of amides is 2. The summed E-state index contributed by atoms with van der Waals surface area (Å²) in [5, 5.41) is 8.76. The van der Waals surface area contributed by atoms with Gasteiger partial charge in [-0.1, -0.05) is 31.4 Å².